The zero-order valence-corrected chi connectivity index (χ0v) is 6.17. The SMILES string of the molecule is [CH2]C(C)c1ccc(N)cc1. The Morgan fingerprint density at radius 2 is 1.80 bits per heavy atom. The summed E-state index contributed by atoms with van der Waals surface area (Å²) in [6.45, 7) is 5.96. The van der Waals surface area contributed by atoms with Crippen molar-refractivity contribution >= 4 is 5.69 Å². The van der Waals surface area contributed by atoms with Crippen LogP contribution in [0.15, 0.2) is 24.3 Å². The maximum atomic E-state index is 5.51. The van der Waals surface area contributed by atoms with Crippen LogP contribution in [0.25, 0.3) is 0 Å². The number of hydrogen-bond donors (Lipinski definition) is 1. The predicted octanol–water partition coefficient (Wildman–Crippen LogP) is 2.21. The van der Waals surface area contributed by atoms with Gasteiger partial charge in [0.15, 0.2) is 0 Å². The number of nitrogen functional groups attached to an aromatic ring is 1. The number of anilines is 1. The number of hydrogen-bond acceptors (Lipinski definition) is 1. The maximum absolute atomic E-state index is 5.51. The van der Waals surface area contributed by atoms with Crippen molar-refractivity contribution in [2.45, 2.75) is 12.8 Å². The normalized spacial score (nSPS) is 10.3. The quantitative estimate of drug-likeness (QED) is 0.585. The van der Waals surface area contributed by atoms with E-state index in [1.54, 1.807) is 0 Å². The van der Waals surface area contributed by atoms with Crippen LogP contribution in [0.5, 0.6) is 0 Å². The Kier molecular flexibility index (Phi) is 1.95. The fourth-order valence-corrected chi connectivity index (χ4v) is 0.825. The first-order valence-corrected chi connectivity index (χ1v) is 3.38. The van der Waals surface area contributed by atoms with E-state index < -0.39 is 0 Å². The molecule has 1 aromatic rings. The fraction of sp³-hybridized carbons (Fsp3) is 0.222. The molecule has 0 bridgehead atoms. The van der Waals surface area contributed by atoms with Crippen molar-refractivity contribution in [1.29, 1.82) is 0 Å². The molecule has 0 aliphatic heterocycles. The average molecular weight is 134 g/mol. The van der Waals surface area contributed by atoms with E-state index in [9.17, 15) is 0 Å². The van der Waals surface area contributed by atoms with Crippen LogP contribution in [0, 0.1) is 6.92 Å². The first kappa shape index (κ1) is 7.13. The molecule has 1 rings (SSSR count). The summed E-state index contributed by atoms with van der Waals surface area (Å²) in [6, 6.07) is 7.81. The summed E-state index contributed by atoms with van der Waals surface area (Å²) in [5, 5.41) is 0. The third-order valence-corrected chi connectivity index (χ3v) is 1.51. The van der Waals surface area contributed by atoms with Gasteiger partial charge < -0.3 is 5.73 Å². The Hall–Kier alpha value is -0.980. The molecule has 1 unspecified atom stereocenters. The van der Waals surface area contributed by atoms with Gasteiger partial charge in [-0.3, -0.25) is 0 Å². The predicted molar refractivity (Wildman–Crippen MR) is 44.6 cm³/mol. The van der Waals surface area contributed by atoms with Crippen LogP contribution in [0.3, 0.4) is 0 Å². The van der Waals surface area contributed by atoms with Gasteiger partial charge in [-0.05, 0) is 30.5 Å². The molecule has 0 heterocycles. The van der Waals surface area contributed by atoms with E-state index in [0.717, 1.165) is 5.69 Å². The van der Waals surface area contributed by atoms with E-state index in [1.807, 2.05) is 24.3 Å². The van der Waals surface area contributed by atoms with Crippen LogP contribution < -0.4 is 5.73 Å². The van der Waals surface area contributed by atoms with Gasteiger partial charge in [0, 0.05) is 5.69 Å². The molecule has 0 aromatic heterocycles. The molecule has 1 heteroatoms. The third kappa shape index (κ3) is 1.50. The van der Waals surface area contributed by atoms with Crippen LogP contribution in [-0.4, -0.2) is 0 Å². The number of benzene rings is 1. The molecule has 0 aliphatic rings. The summed E-state index contributed by atoms with van der Waals surface area (Å²) in [5.74, 6) is 0.348. The second-order valence-electron chi connectivity index (χ2n) is 2.57. The Balaban J connectivity index is 2.89. The van der Waals surface area contributed by atoms with Crippen molar-refractivity contribution < 1.29 is 0 Å². The summed E-state index contributed by atoms with van der Waals surface area (Å²) in [6.07, 6.45) is 0. The van der Waals surface area contributed by atoms with Crippen LogP contribution in [-0.2, 0) is 0 Å². The van der Waals surface area contributed by atoms with Gasteiger partial charge >= 0.3 is 0 Å². The lowest BCUT2D eigenvalue weighted by molar-refractivity contribution is 0.965. The number of nitrogens with two attached hydrogens (primary N) is 1. The summed E-state index contributed by atoms with van der Waals surface area (Å²) < 4.78 is 0. The van der Waals surface area contributed by atoms with Crippen molar-refractivity contribution in [3.05, 3.63) is 36.8 Å². The fourth-order valence-electron chi connectivity index (χ4n) is 0.825. The Labute approximate surface area is 61.9 Å². The summed E-state index contributed by atoms with van der Waals surface area (Å²) >= 11 is 0. The van der Waals surface area contributed by atoms with Crippen molar-refractivity contribution in [1.82, 2.24) is 0 Å². The second kappa shape index (κ2) is 2.74. The van der Waals surface area contributed by atoms with Crippen molar-refractivity contribution in [3.8, 4) is 0 Å². The minimum Gasteiger partial charge on any atom is -0.399 e. The van der Waals surface area contributed by atoms with Gasteiger partial charge in [0.2, 0.25) is 0 Å². The second-order valence-corrected chi connectivity index (χ2v) is 2.57. The van der Waals surface area contributed by atoms with Crippen LogP contribution in [0.2, 0.25) is 0 Å². The van der Waals surface area contributed by atoms with E-state index in [4.69, 9.17) is 5.73 Å². The molecular weight excluding hydrogens is 122 g/mol. The van der Waals surface area contributed by atoms with Gasteiger partial charge in [-0.1, -0.05) is 19.1 Å². The van der Waals surface area contributed by atoms with E-state index in [2.05, 4.69) is 13.8 Å². The minimum absolute atomic E-state index is 0.348. The Bertz CT molecular complexity index is 198. The lowest BCUT2D eigenvalue weighted by Gasteiger charge is -2.03. The van der Waals surface area contributed by atoms with Crippen LogP contribution in [0.4, 0.5) is 5.69 Å². The molecule has 0 aliphatic carbocycles. The van der Waals surface area contributed by atoms with Crippen LogP contribution in [0.1, 0.15) is 18.4 Å². The molecule has 1 radical (unpaired) electrons. The average Bonchev–Trinajstić information content (AvgIpc) is 1.88. The smallest absolute Gasteiger partial charge is 0.0314 e. The molecular formula is C9H12N. The summed E-state index contributed by atoms with van der Waals surface area (Å²) in [5.41, 5.74) is 7.55. The van der Waals surface area contributed by atoms with E-state index in [0.29, 0.717) is 5.92 Å². The van der Waals surface area contributed by atoms with Gasteiger partial charge in [-0.15, -0.1) is 0 Å². The lowest BCUT2D eigenvalue weighted by Crippen LogP contribution is -1.88. The van der Waals surface area contributed by atoms with E-state index >= 15 is 0 Å². The van der Waals surface area contributed by atoms with E-state index in [-0.39, 0.29) is 0 Å². The molecule has 1 nitrogen and oxygen atoms in total. The van der Waals surface area contributed by atoms with E-state index in [1.165, 1.54) is 5.56 Å². The Morgan fingerprint density at radius 3 is 2.20 bits per heavy atom. The molecule has 2 N–H and O–H groups in total. The molecule has 10 heavy (non-hydrogen) atoms. The summed E-state index contributed by atoms with van der Waals surface area (Å²) in [4.78, 5) is 0. The monoisotopic (exact) mass is 134 g/mol. The molecule has 0 spiro atoms. The van der Waals surface area contributed by atoms with Crippen molar-refractivity contribution in [3.63, 3.8) is 0 Å². The third-order valence-electron chi connectivity index (χ3n) is 1.51. The summed E-state index contributed by atoms with van der Waals surface area (Å²) in [7, 11) is 0. The van der Waals surface area contributed by atoms with Gasteiger partial charge in [0.05, 0.1) is 0 Å². The molecule has 1 aromatic carbocycles. The number of rotatable bonds is 1. The standard InChI is InChI=1S/C9H12N/c1-7(2)8-3-5-9(10)6-4-8/h3-7H,1,10H2,2H3. The molecule has 0 amide bonds. The largest absolute Gasteiger partial charge is 0.399 e. The molecule has 0 fully saturated rings. The first-order chi connectivity index (χ1) is 4.70. The van der Waals surface area contributed by atoms with Crippen molar-refractivity contribution in [2.75, 3.05) is 5.73 Å². The van der Waals surface area contributed by atoms with Gasteiger partial charge in [0.25, 0.3) is 0 Å². The highest BCUT2D eigenvalue weighted by Crippen LogP contribution is 2.14. The highest BCUT2D eigenvalue weighted by atomic mass is 14.5. The topological polar surface area (TPSA) is 26.0 Å². The van der Waals surface area contributed by atoms with Gasteiger partial charge in [-0.2, -0.15) is 0 Å². The minimum atomic E-state index is 0.348. The van der Waals surface area contributed by atoms with Crippen molar-refractivity contribution in [2.24, 2.45) is 0 Å². The molecule has 1 atom stereocenters. The molecule has 0 saturated heterocycles. The zero-order chi connectivity index (χ0) is 7.56. The van der Waals surface area contributed by atoms with Gasteiger partial charge in [-0.25, -0.2) is 0 Å². The molecule has 0 saturated carbocycles. The molecule has 53 valence electrons. The first-order valence-electron chi connectivity index (χ1n) is 3.38. The highest BCUT2D eigenvalue weighted by Gasteiger charge is 1.95. The zero-order valence-electron chi connectivity index (χ0n) is 6.17. The maximum Gasteiger partial charge on any atom is 0.0314 e. The lowest BCUT2D eigenvalue weighted by atomic mass is 10.0. The van der Waals surface area contributed by atoms with Crippen LogP contribution >= 0.6 is 0 Å². The Morgan fingerprint density at radius 1 is 1.30 bits per heavy atom. The van der Waals surface area contributed by atoms with Gasteiger partial charge in [0.1, 0.15) is 0 Å². The highest BCUT2D eigenvalue weighted by molar-refractivity contribution is 5.40.